The number of nitrogens with zero attached hydrogens (tertiary/aromatic N) is 2. The van der Waals surface area contributed by atoms with E-state index in [1.54, 1.807) is 0 Å². The van der Waals surface area contributed by atoms with Crippen molar-refractivity contribution in [2.24, 2.45) is 0 Å². The zero-order valence-corrected chi connectivity index (χ0v) is 9.26. The van der Waals surface area contributed by atoms with Crippen LogP contribution < -0.4 is 0 Å². The molecule has 0 aliphatic carbocycles. The van der Waals surface area contributed by atoms with Gasteiger partial charge < -0.3 is 0 Å². The average molecular weight is 243 g/mol. The van der Waals surface area contributed by atoms with E-state index < -0.39 is 0 Å². The molecule has 0 saturated carbocycles. The van der Waals surface area contributed by atoms with Gasteiger partial charge in [-0.15, -0.1) is 0 Å². The maximum absolute atomic E-state index is 11.1. The maximum atomic E-state index is 11.1. The fraction of sp³-hybridized carbons (Fsp3) is 0.444. The number of hydrogen-bond donors (Lipinski definition) is 0. The van der Waals surface area contributed by atoms with Gasteiger partial charge in [0.05, 0.1) is 11.0 Å². The molecule has 0 N–H and O–H groups in total. The molecule has 0 atom stereocenters. The van der Waals surface area contributed by atoms with Gasteiger partial charge in [0, 0.05) is 12.1 Å². The Labute approximate surface area is 85.7 Å². The quantitative estimate of drug-likeness (QED) is 0.757. The van der Waals surface area contributed by atoms with Crippen LogP contribution in [0.2, 0.25) is 0 Å². The minimum absolute atomic E-state index is 0.137. The lowest BCUT2D eigenvalue weighted by Gasteiger charge is -2.00. The van der Waals surface area contributed by atoms with Crippen LogP contribution in [0.4, 0.5) is 0 Å². The number of aryl methyl sites for hydroxylation is 2. The Morgan fingerprint density at radius 1 is 1.46 bits per heavy atom. The van der Waals surface area contributed by atoms with Crippen molar-refractivity contribution in [1.82, 2.24) is 9.97 Å². The summed E-state index contributed by atoms with van der Waals surface area (Å²) in [6, 6.07) is 1.84. The van der Waals surface area contributed by atoms with E-state index in [0.29, 0.717) is 11.8 Å². The number of halogens is 1. The summed E-state index contributed by atoms with van der Waals surface area (Å²) in [7, 11) is 0. The van der Waals surface area contributed by atoms with Crippen molar-refractivity contribution in [1.29, 1.82) is 0 Å². The van der Waals surface area contributed by atoms with Crippen LogP contribution in [0, 0.1) is 13.8 Å². The van der Waals surface area contributed by atoms with Gasteiger partial charge in [-0.2, -0.15) is 0 Å². The third-order valence-corrected chi connectivity index (χ3v) is 2.17. The molecule has 1 aromatic heterocycles. The predicted octanol–water partition coefficient (Wildman–Crippen LogP) is 1.60. The summed E-state index contributed by atoms with van der Waals surface area (Å²) in [6.07, 6.45) is 0.384. The van der Waals surface area contributed by atoms with E-state index >= 15 is 0 Å². The molecule has 0 aromatic carbocycles. The van der Waals surface area contributed by atoms with Crippen LogP contribution in [-0.2, 0) is 11.2 Å². The molecule has 4 heteroatoms. The number of aromatic nitrogens is 2. The number of Topliss-reactive ketones (excluding diaryl/α,β-unsaturated/α-hetero) is 1. The second-order valence-corrected chi connectivity index (χ2v) is 3.46. The molecule has 13 heavy (non-hydrogen) atoms. The number of hydrogen-bond acceptors (Lipinski definition) is 3. The van der Waals surface area contributed by atoms with Crippen LogP contribution in [0.3, 0.4) is 0 Å². The Morgan fingerprint density at radius 2 is 2.15 bits per heavy atom. The van der Waals surface area contributed by atoms with E-state index in [9.17, 15) is 4.79 Å². The van der Waals surface area contributed by atoms with Crippen molar-refractivity contribution >= 4 is 21.7 Å². The summed E-state index contributed by atoms with van der Waals surface area (Å²) in [5, 5.41) is 0.384. The van der Waals surface area contributed by atoms with E-state index in [4.69, 9.17) is 0 Å². The maximum Gasteiger partial charge on any atom is 0.149 e. The van der Waals surface area contributed by atoms with Crippen molar-refractivity contribution in [2.45, 2.75) is 20.3 Å². The minimum atomic E-state index is 0.137. The van der Waals surface area contributed by atoms with Gasteiger partial charge in [0.2, 0.25) is 0 Å². The first-order valence-electron chi connectivity index (χ1n) is 4.00. The van der Waals surface area contributed by atoms with Crippen LogP contribution >= 0.6 is 15.9 Å². The van der Waals surface area contributed by atoms with E-state index in [1.807, 2.05) is 19.9 Å². The first-order valence-corrected chi connectivity index (χ1v) is 5.13. The Bertz CT molecular complexity index is 305. The van der Waals surface area contributed by atoms with Gasteiger partial charge in [-0.25, -0.2) is 9.97 Å². The highest BCUT2D eigenvalue weighted by Gasteiger charge is 2.04. The fourth-order valence-corrected chi connectivity index (χ4v) is 1.33. The molecule has 0 saturated heterocycles. The summed E-state index contributed by atoms with van der Waals surface area (Å²) < 4.78 is 0. The average Bonchev–Trinajstić information content (AvgIpc) is 2.02. The Morgan fingerprint density at radius 3 is 2.69 bits per heavy atom. The molecule has 0 bridgehead atoms. The Hall–Kier alpha value is -0.770. The Balaban J connectivity index is 2.83. The number of carbonyl (C=O) groups is 1. The molecule has 0 amide bonds. The first kappa shape index (κ1) is 10.3. The second kappa shape index (κ2) is 4.46. The number of ketones is 1. The van der Waals surface area contributed by atoms with Crippen LogP contribution in [0.1, 0.15) is 17.2 Å². The van der Waals surface area contributed by atoms with E-state index in [1.165, 1.54) is 0 Å². The zero-order valence-electron chi connectivity index (χ0n) is 7.67. The van der Waals surface area contributed by atoms with Gasteiger partial charge in [0.15, 0.2) is 0 Å². The van der Waals surface area contributed by atoms with E-state index in [-0.39, 0.29) is 5.78 Å². The van der Waals surface area contributed by atoms with Gasteiger partial charge in [-0.1, -0.05) is 15.9 Å². The Kier molecular flexibility index (Phi) is 3.54. The van der Waals surface area contributed by atoms with Crippen LogP contribution in [0.25, 0.3) is 0 Å². The molecule has 1 rings (SSSR count). The summed E-state index contributed by atoms with van der Waals surface area (Å²) in [6.45, 7) is 3.73. The summed E-state index contributed by atoms with van der Waals surface area (Å²) in [4.78, 5) is 19.4. The van der Waals surface area contributed by atoms with E-state index in [0.717, 1.165) is 17.2 Å². The molecule has 1 heterocycles. The van der Waals surface area contributed by atoms with Crippen LogP contribution in [-0.4, -0.2) is 21.1 Å². The molecule has 0 radical (unpaired) electrons. The summed E-state index contributed by atoms with van der Waals surface area (Å²) >= 11 is 3.12. The summed E-state index contributed by atoms with van der Waals surface area (Å²) in [5.74, 6) is 0.856. The van der Waals surface area contributed by atoms with Gasteiger partial charge in [0.25, 0.3) is 0 Å². The van der Waals surface area contributed by atoms with Gasteiger partial charge in [-0.05, 0) is 19.9 Å². The predicted molar refractivity (Wildman–Crippen MR) is 54.0 cm³/mol. The molecule has 1 aromatic rings. The fourth-order valence-electron chi connectivity index (χ4n) is 1.13. The molecule has 70 valence electrons. The topological polar surface area (TPSA) is 42.9 Å². The number of rotatable bonds is 3. The molecule has 0 aliphatic heterocycles. The van der Waals surface area contributed by atoms with Crippen molar-refractivity contribution in [3.05, 3.63) is 23.3 Å². The highest BCUT2D eigenvalue weighted by Crippen LogP contribution is 2.02. The molecule has 0 spiro atoms. The third kappa shape index (κ3) is 3.22. The minimum Gasteiger partial charge on any atom is -0.298 e. The third-order valence-electron chi connectivity index (χ3n) is 1.55. The lowest BCUT2D eigenvalue weighted by Crippen LogP contribution is -2.07. The molecular formula is C9H11BrN2O. The van der Waals surface area contributed by atoms with Crippen molar-refractivity contribution < 1.29 is 4.79 Å². The van der Waals surface area contributed by atoms with Gasteiger partial charge in [-0.3, -0.25) is 4.79 Å². The van der Waals surface area contributed by atoms with Crippen LogP contribution in [0.5, 0.6) is 0 Å². The second-order valence-electron chi connectivity index (χ2n) is 2.90. The van der Waals surface area contributed by atoms with E-state index in [2.05, 4.69) is 25.9 Å². The summed E-state index contributed by atoms with van der Waals surface area (Å²) in [5.41, 5.74) is 1.71. The van der Waals surface area contributed by atoms with Crippen molar-refractivity contribution in [2.75, 3.05) is 5.33 Å². The van der Waals surface area contributed by atoms with Crippen molar-refractivity contribution in [3.8, 4) is 0 Å². The molecule has 0 aliphatic rings. The van der Waals surface area contributed by atoms with Gasteiger partial charge >= 0.3 is 0 Å². The smallest absolute Gasteiger partial charge is 0.149 e. The highest BCUT2D eigenvalue weighted by atomic mass is 79.9. The zero-order chi connectivity index (χ0) is 9.84. The SMILES string of the molecule is Cc1cc(CC(=O)CBr)nc(C)n1. The lowest BCUT2D eigenvalue weighted by molar-refractivity contribution is -0.115. The number of alkyl halides is 1. The standard InChI is InChI=1S/C9H11BrN2O/c1-6-3-8(4-9(13)5-10)12-7(2)11-6/h3H,4-5H2,1-2H3. The monoisotopic (exact) mass is 242 g/mol. The highest BCUT2D eigenvalue weighted by molar-refractivity contribution is 9.09. The molecular weight excluding hydrogens is 232 g/mol. The number of carbonyl (C=O) groups excluding carboxylic acids is 1. The molecule has 0 fully saturated rings. The normalized spacial score (nSPS) is 10.1. The van der Waals surface area contributed by atoms with Crippen molar-refractivity contribution in [3.63, 3.8) is 0 Å². The lowest BCUT2D eigenvalue weighted by atomic mass is 10.2. The van der Waals surface area contributed by atoms with Gasteiger partial charge in [0.1, 0.15) is 11.6 Å². The molecule has 0 unspecified atom stereocenters. The molecule has 3 nitrogen and oxygen atoms in total. The largest absolute Gasteiger partial charge is 0.298 e. The van der Waals surface area contributed by atoms with Crippen LogP contribution in [0.15, 0.2) is 6.07 Å². The first-order chi connectivity index (χ1) is 6.11.